The van der Waals surface area contributed by atoms with Crippen LogP contribution in [0.1, 0.15) is 221 Å². The molecule has 0 amide bonds. The molecule has 0 aliphatic rings. The van der Waals surface area contributed by atoms with Crippen molar-refractivity contribution < 1.29 is 4.57 Å². The van der Waals surface area contributed by atoms with Crippen molar-refractivity contribution in [3.63, 3.8) is 0 Å². The van der Waals surface area contributed by atoms with Crippen molar-refractivity contribution in [1.29, 1.82) is 0 Å². The van der Waals surface area contributed by atoms with Gasteiger partial charge in [-0.3, -0.25) is 28.3 Å². The molecule has 8 nitrogen and oxygen atoms in total. The van der Waals surface area contributed by atoms with Crippen LogP contribution in [-0.4, -0.2) is 13.7 Å². The standard InChI is InChI=1S/C77H89N4O4/c1-13-17-21-25-29-46(30-26-22-18-14-2)80-72(82)50-35-33-48-49-34-36-51-61-59(75(85)81(73(51)83)47(31-27-23-19-15-3)32-28-24-20-16-4)42-55-63-53-38-45(77(8,9)10)40-57-65(53)64-52(37-44(76(5,6)7)39-56(64)70-71(57)79(12)43-78(70)11)62(63)54-41-58(74(80)84)60(50)66(48)68(54)69(55)67(49)61/h33-43,46-47H,13-32H2,1-12H3/q+1. The van der Waals surface area contributed by atoms with Gasteiger partial charge in [-0.25, -0.2) is 9.13 Å². The SMILES string of the molecule is CCCCCCC(CCCCCC)n1c(=O)c2ccc3c4ccc5c(=O)n(C(CCCCCC)CCCCCC)c(=O)c6cc7c8c9cc(C(C)(C)C)cc%10c9c9c(cc(C(C)(C)C)cc9c9c%10[n+](C)cn9C)c8c8cc(c1=O)c2c3c8c7c4c56. The molecule has 0 fully saturated rings. The third kappa shape index (κ3) is 8.73. The topological polar surface area (TPSA) is 86.9 Å². The van der Waals surface area contributed by atoms with Crippen LogP contribution < -0.4 is 26.8 Å². The van der Waals surface area contributed by atoms with Crippen molar-refractivity contribution in [3.05, 3.63) is 120 Å². The Kier molecular flexibility index (Phi) is 14.4. The monoisotopic (exact) mass is 1130 g/mol. The fourth-order valence-corrected chi connectivity index (χ4v) is 16.2. The molecule has 0 radical (unpaired) electrons. The molecule has 440 valence electrons. The van der Waals surface area contributed by atoms with Crippen LogP contribution in [0.5, 0.6) is 0 Å². The summed E-state index contributed by atoms with van der Waals surface area (Å²) in [5, 5.41) is 20.5. The molecule has 0 saturated heterocycles. The predicted octanol–water partition coefficient (Wildman–Crippen LogP) is 19.5. The molecule has 0 unspecified atom stereocenters. The lowest BCUT2D eigenvalue weighted by Crippen LogP contribution is -2.37. The zero-order valence-corrected chi connectivity index (χ0v) is 53.1. The van der Waals surface area contributed by atoms with Gasteiger partial charge in [0, 0.05) is 65.9 Å². The summed E-state index contributed by atoms with van der Waals surface area (Å²) < 4.78 is 7.97. The molecular formula is C77H89N4O4+. The second-order valence-electron chi connectivity index (χ2n) is 28.4. The Morgan fingerprint density at radius 3 is 1.06 bits per heavy atom. The lowest BCUT2D eigenvalue weighted by molar-refractivity contribution is -0.644. The van der Waals surface area contributed by atoms with Crippen molar-refractivity contribution >= 4 is 130 Å². The largest absolute Gasteiger partial charge is 0.271 e. The molecule has 0 atom stereocenters. The van der Waals surface area contributed by atoms with Crippen LogP contribution >= 0.6 is 0 Å². The third-order valence-electron chi connectivity index (χ3n) is 20.6. The van der Waals surface area contributed by atoms with Crippen molar-refractivity contribution in [2.24, 2.45) is 14.1 Å². The Bertz CT molecular complexity index is 4650. The van der Waals surface area contributed by atoms with Gasteiger partial charge in [-0.2, -0.15) is 0 Å². The zero-order chi connectivity index (χ0) is 59.7. The number of benzene rings is 10. The van der Waals surface area contributed by atoms with Gasteiger partial charge < -0.3 is 0 Å². The summed E-state index contributed by atoms with van der Waals surface area (Å²) in [7, 11) is 4.34. The third-order valence-corrected chi connectivity index (χ3v) is 20.6. The molecular weight excluding hydrogens is 1040 g/mol. The normalized spacial score (nSPS) is 13.3. The fraction of sp³-hybridized carbons (Fsp3) is 0.468. The van der Waals surface area contributed by atoms with E-state index in [9.17, 15) is 0 Å². The van der Waals surface area contributed by atoms with E-state index in [2.05, 4.69) is 147 Å². The Balaban J connectivity index is 1.29. The van der Waals surface area contributed by atoms with Crippen molar-refractivity contribution in [2.45, 2.75) is 221 Å². The molecule has 0 spiro atoms. The highest BCUT2D eigenvalue weighted by Gasteiger charge is 2.34. The van der Waals surface area contributed by atoms with Gasteiger partial charge >= 0.3 is 0 Å². The van der Waals surface area contributed by atoms with Crippen LogP contribution in [0.2, 0.25) is 0 Å². The smallest absolute Gasteiger partial charge is 0.261 e. The van der Waals surface area contributed by atoms with E-state index in [-0.39, 0.29) is 45.2 Å². The number of hydrogen-bond donors (Lipinski definition) is 0. The Morgan fingerprint density at radius 1 is 0.365 bits per heavy atom. The number of fused-ring (bicyclic) bond motifs is 9. The van der Waals surface area contributed by atoms with E-state index in [1.54, 1.807) is 9.13 Å². The lowest BCUT2D eigenvalue weighted by atomic mass is 9.76. The Hall–Kier alpha value is -6.93. The molecule has 0 aliphatic heterocycles. The summed E-state index contributed by atoms with van der Waals surface area (Å²) in [5.74, 6) is 0. The first-order chi connectivity index (χ1) is 40.9. The van der Waals surface area contributed by atoms with Gasteiger partial charge in [0.1, 0.15) is 0 Å². The molecule has 3 aromatic heterocycles. The van der Waals surface area contributed by atoms with E-state index in [0.29, 0.717) is 21.5 Å². The van der Waals surface area contributed by atoms with Gasteiger partial charge in [0.15, 0.2) is 11.0 Å². The Morgan fingerprint density at radius 2 is 0.671 bits per heavy atom. The zero-order valence-electron chi connectivity index (χ0n) is 53.1. The van der Waals surface area contributed by atoms with Gasteiger partial charge in [-0.15, -0.1) is 0 Å². The second kappa shape index (κ2) is 21.5. The highest BCUT2D eigenvalue weighted by atomic mass is 16.2. The van der Waals surface area contributed by atoms with Gasteiger partial charge in [0.25, 0.3) is 22.2 Å². The maximum atomic E-state index is 16.2. The van der Waals surface area contributed by atoms with Gasteiger partial charge in [-0.1, -0.05) is 184 Å². The maximum Gasteiger partial charge on any atom is 0.261 e. The van der Waals surface area contributed by atoms with Crippen LogP contribution in [0.15, 0.2) is 86.2 Å². The van der Waals surface area contributed by atoms with Crippen LogP contribution in [0.25, 0.3) is 130 Å². The number of rotatable bonds is 22. The number of imidazole rings is 1. The van der Waals surface area contributed by atoms with Crippen LogP contribution in [0, 0.1) is 0 Å². The molecule has 0 aliphatic carbocycles. The van der Waals surface area contributed by atoms with Crippen molar-refractivity contribution in [1.82, 2.24) is 13.7 Å². The lowest BCUT2D eigenvalue weighted by Gasteiger charge is -2.28. The quantitative estimate of drug-likeness (QED) is 0.0293. The minimum Gasteiger partial charge on any atom is -0.271 e. The first kappa shape index (κ1) is 57.2. The van der Waals surface area contributed by atoms with E-state index in [4.69, 9.17) is 0 Å². The molecule has 10 aromatic carbocycles. The highest BCUT2D eigenvalue weighted by Crippen LogP contribution is 2.56. The fourth-order valence-electron chi connectivity index (χ4n) is 16.2. The summed E-state index contributed by atoms with van der Waals surface area (Å²) in [6.07, 6.45) is 22.5. The number of nitrogens with zero attached hydrogens (tertiary/aromatic N) is 4. The average Bonchev–Trinajstić information content (AvgIpc) is 1.06. The molecule has 0 bridgehead atoms. The minimum atomic E-state index is -0.244. The van der Waals surface area contributed by atoms with E-state index in [1.807, 2.05) is 12.1 Å². The summed E-state index contributed by atoms with van der Waals surface area (Å²) in [6, 6.07) is 22.0. The second-order valence-corrected chi connectivity index (χ2v) is 28.4. The summed E-state index contributed by atoms with van der Waals surface area (Å²) >= 11 is 0. The number of hydrogen-bond acceptors (Lipinski definition) is 4. The summed E-state index contributed by atoms with van der Waals surface area (Å²) in [5.41, 5.74) is 3.48. The van der Waals surface area contributed by atoms with Gasteiger partial charge in [0.05, 0.1) is 14.1 Å². The number of unbranched alkanes of at least 4 members (excludes halogenated alkanes) is 12. The van der Waals surface area contributed by atoms with E-state index in [1.165, 1.54) is 43.7 Å². The minimum absolute atomic E-state index is 0.200. The van der Waals surface area contributed by atoms with Crippen molar-refractivity contribution in [2.75, 3.05) is 0 Å². The Labute approximate surface area is 499 Å². The number of aromatic nitrogens is 4. The molecule has 0 saturated carbocycles. The van der Waals surface area contributed by atoms with Crippen LogP contribution in [-0.2, 0) is 24.9 Å². The molecule has 3 heterocycles. The highest BCUT2D eigenvalue weighted by molar-refractivity contribution is 6.53. The van der Waals surface area contributed by atoms with Crippen LogP contribution in [0.4, 0.5) is 0 Å². The average molecular weight is 1130 g/mol. The number of pyridine rings is 2. The van der Waals surface area contributed by atoms with Gasteiger partial charge in [-0.05, 0) is 161 Å². The van der Waals surface area contributed by atoms with Crippen LogP contribution in [0.3, 0.4) is 0 Å². The molecule has 85 heavy (non-hydrogen) atoms. The first-order valence-corrected chi connectivity index (χ1v) is 33.1. The first-order valence-electron chi connectivity index (χ1n) is 33.1. The molecule has 8 heteroatoms. The predicted molar refractivity (Wildman–Crippen MR) is 364 cm³/mol. The molecule has 13 rings (SSSR count). The summed E-state index contributed by atoms with van der Waals surface area (Å²) in [6.45, 7) is 22.7. The molecule has 13 aromatic rings. The number of aryl methyl sites for hydroxylation is 2. The van der Waals surface area contributed by atoms with E-state index >= 15 is 19.2 Å². The van der Waals surface area contributed by atoms with E-state index < -0.39 is 0 Å². The van der Waals surface area contributed by atoms with Gasteiger partial charge in [0.2, 0.25) is 6.33 Å². The van der Waals surface area contributed by atoms with E-state index in [0.717, 1.165) is 204 Å². The van der Waals surface area contributed by atoms with Crippen molar-refractivity contribution in [3.8, 4) is 0 Å². The molecule has 0 N–H and O–H groups in total. The summed E-state index contributed by atoms with van der Waals surface area (Å²) in [4.78, 5) is 63.7. The maximum absolute atomic E-state index is 16.2.